The van der Waals surface area contributed by atoms with Crippen LogP contribution in [-0.2, 0) is 25.6 Å². The molecule has 8 nitrogen and oxygen atoms in total. The van der Waals surface area contributed by atoms with Gasteiger partial charge in [0.25, 0.3) is 5.91 Å². The first kappa shape index (κ1) is 26.4. The number of benzene rings is 3. The fourth-order valence-corrected chi connectivity index (χ4v) is 5.46. The molecule has 2 N–H and O–H groups in total. The summed E-state index contributed by atoms with van der Waals surface area (Å²) in [6, 6.07) is 25.7. The van der Waals surface area contributed by atoms with E-state index in [9.17, 15) is 19.5 Å². The molecule has 0 saturated carbocycles. The van der Waals surface area contributed by atoms with Gasteiger partial charge in [0.2, 0.25) is 0 Å². The fraction of sp³-hybridized carbons (Fsp3) is 0.323. The molecule has 0 bridgehead atoms. The zero-order valence-corrected chi connectivity index (χ0v) is 21.6. The van der Waals surface area contributed by atoms with Gasteiger partial charge in [-0.2, -0.15) is 0 Å². The second-order valence-electron chi connectivity index (χ2n) is 9.94. The summed E-state index contributed by atoms with van der Waals surface area (Å²) in [6.45, 7) is 1.20. The summed E-state index contributed by atoms with van der Waals surface area (Å²) >= 11 is 0. The number of hydrogen-bond donors (Lipinski definition) is 2. The second kappa shape index (κ2) is 12.1. The first-order valence-corrected chi connectivity index (χ1v) is 13.3. The van der Waals surface area contributed by atoms with E-state index in [2.05, 4.69) is 29.6 Å². The molecule has 1 saturated heterocycles. The van der Waals surface area contributed by atoms with Gasteiger partial charge in [0, 0.05) is 38.1 Å². The lowest BCUT2D eigenvalue weighted by molar-refractivity contribution is -0.145. The second-order valence-corrected chi connectivity index (χ2v) is 9.94. The van der Waals surface area contributed by atoms with E-state index >= 15 is 0 Å². The average Bonchev–Trinajstić information content (AvgIpc) is 3.56. The molecule has 2 amide bonds. The molecule has 0 aromatic heterocycles. The number of carboxylic acids is 1. The summed E-state index contributed by atoms with van der Waals surface area (Å²) in [5.74, 6) is -1.51. The largest absolute Gasteiger partial charge is 0.481 e. The number of fused-ring (bicyclic) bond motifs is 3. The zero-order valence-electron chi connectivity index (χ0n) is 21.6. The number of alkyl carbamates (subject to hydrolysis) is 1. The first-order valence-electron chi connectivity index (χ1n) is 13.3. The molecule has 0 spiro atoms. The summed E-state index contributed by atoms with van der Waals surface area (Å²) in [5, 5.41) is 12.0. The van der Waals surface area contributed by atoms with E-state index in [1.54, 1.807) is 0 Å². The highest BCUT2D eigenvalue weighted by Gasteiger charge is 2.37. The van der Waals surface area contributed by atoms with E-state index in [-0.39, 0.29) is 43.9 Å². The molecule has 39 heavy (non-hydrogen) atoms. The quantitative estimate of drug-likeness (QED) is 0.403. The summed E-state index contributed by atoms with van der Waals surface area (Å²) < 4.78 is 11.4. The predicted octanol–water partition coefficient (Wildman–Crippen LogP) is 4.43. The molecule has 2 aliphatic rings. The number of nitrogens with zero attached hydrogens (tertiary/aromatic N) is 1. The molecule has 1 heterocycles. The minimum atomic E-state index is -0.971. The Morgan fingerprint density at radius 2 is 1.56 bits per heavy atom. The van der Waals surface area contributed by atoms with Crippen molar-refractivity contribution in [2.45, 2.75) is 31.4 Å². The SMILES string of the molecule is O=C(O)CCN(Cc1ccccc1)C(=O)[C@H]1OCC[C@H]1CNC(=O)OCC1c2ccccc2-c2ccccc21. The molecule has 1 aliphatic carbocycles. The topological polar surface area (TPSA) is 105 Å². The Morgan fingerprint density at radius 1 is 0.923 bits per heavy atom. The lowest BCUT2D eigenvalue weighted by Gasteiger charge is -2.27. The maximum absolute atomic E-state index is 13.4. The Balaban J connectivity index is 1.18. The molecule has 0 radical (unpaired) electrons. The van der Waals surface area contributed by atoms with Crippen LogP contribution in [0, 0.1) is 5.92 Å². The van der Waals surface area contributed by atoms with Crippen molar-refractivity contribution in [1.82, 2.24) is 10.2 Å². The van der Waals surface area contributed by atoms with E-state index in [4.69, 9.17) is 9.47 Å². The van der Waals surface area contributed by atoms with Gasteiger partial charge in [-0.1, -0.05) is 78.9 Å². The molecule has 1 aliphatic heterocycles. The average molecular weight is 529 g/mol. The van der Waals surface area contributed by atoms with Gasteiger partial charge in [-0.05, 0) is 34.2 Å². The number of nitrogens with one attached hydrogen (secondary N) is 1. The fourth-order valence-electron chi connectivity index (χ4n) is 5.46. The van der Waals surface area contributed by atoms with Gasteiger partial charge in [-0.25, -0.2) is 4.79 Å². The van der Waals surface area contributed by atoms with Crippen LogP contribution in [-0.4, -0.2) is 60.4 Å². The molecule has 2 atom stereocenters. The smallest absolute Gasteiger partial charge is 0.407 e. The van der Waals surface area contributed by atoms with Crippen molar-refractivity contribution in [1.29, 1.82) is 0 Å². The molecule has 3 aromatic rings. The predicted molar refractivity (Wildman–Crippen MR) is 145 cm³/mol. The maximum Gasteiger partial charge on any atom is 0.407 e. The number of carboxylic acid groups (broad SMARTS) is 1. The molecule has 8 heteroatoms. The molecule has 3 aromatic carbocycles. The summed E-state index contributed by atoms with van der Waals surface area (Å²) in [6.07, 6.45) is -0.843. The summed E-state index contributed by atoms with van der Waals surface area (Å²) in [4.78, 5) is 38.8. The number of amides is 2. The number of aliphatic carboxylic acids is 1. The summed E-state index contributed by atoms with van der Waals surface area (Å²) in [5.41, 5.74) is 5.51. The standard InChI is InChI=1S/C31H32N2O6/c34-28(35)14-16-33(19-21-8-2-1-3-9-21)30(36)29-22(15-17-38-29)18-32-31(37)39-20-27-25-12-6-4-10-23(25)24-11-5-7-13-26(24)27/h1-13,22,27,29H,14-20H2,(H,32,37)(H,34,35)/t22-,29-/m0/s1. The van der Waals surface area contributed by atoms with Gasteiger partial charge in [0.05, 0.1) is 6.42 Å². The molecule has 0 unspecified atom stereocenters. The van der Waals surface area contributed by atoms with Crippen molar-refractivity contribution in [2.75, 3.05) is 26.3 Å². The Kier molecular flexibility index (Phi) is 8.22. The van der Waals surface area contributed by atoms with E-state index in [1.165, 1.54) is 4.90 Å². The molecule has 202 valence electrons. The Morgan fingerprint density at radius 3 is 2.23 bits per heavy atom. The van der Waals surface area contributed by atoms with Gasteiger partial charge >= 0.3 is 12.1 Å². The lowest BCUT2D eigenvalue weighted by Crippen LogP contribution is -2.45. The number of carbonyl (C=O) groups is 3. The third kappa shape index (κ3) is 6.12. The number of hydrogen-bond acceptors (Lipinski definition) is 5. The van der Waals surface area contributed by atoms with Crippen molar-refractivity contribution in [3.05, 3.63) is 95.6 Å². The molecule has 5 rings (SSSR count). The molecular weight excluding hydrogens is 496 g/mol. The van der Waals surface area contributed by atoms with Crippen LogP contribution >= 0.6 is 0 Å². The lowest BCUT2D eigenvalue weighted by atomic mass is 9.98. The van der Waals surface area contributed by atoms with Crippen molar-refractivity contribution >= 4 is 18.0 Å². The highest BCUT2D eigenvalue weighted by Crippen LogP contribution is 2.44. The number of rotatable bonds is 10. The van der Waals surface area contributed by atoms with Gasteiger partial charge in [0.1, 0.15) is 12.7 Å². The van der Waals surface area contributed by atoms with Crippen LogP contribution in [0.2, 0.25) is 0 Å². The first-order chi connectivity index (χ1) is 19.0. The van der Waals surface area contributed by atoms with Gasteiger partial charge < -0.3 is 24.8 Å². The van der Waals surface area contributed by atoms with Crippen molar-refractivity contribution in [2.24, 2.45) is 5.92 Å². The third-order valence-electron chi connectivity index (χ3n) is 7.43. The van der Waals surface area contributed by atoms with Crippen LogP contribution in [0.1, 0.15) is 35.4 Å². The van der Waals surface area contributed by atoms with Crippen LogP contribution in [0.15, 0.2) is 78.9 Å². The van der Waals surface area contributed by atoms with E-state index in [0.717, 1.165) is 27.8 Å². The number of ether oxygens (including phenoxy) is 2. The minimum absolute atomic E-state index is 0.0342. The highest BCUT2D eigenvalue weighted by atomic mass is 16.5. The van der Waals surface area contributed by atoms with E-state index < -0.39 is 18.2 Å². The van der Waals surface area contributed by atoms with Gasteiger partial charge in [0.15, 0.2) is 0 Å². The highest BCUT2D eigenvalue weighted by molar-refractivity contribution is 5.82. The Bertz CT molecular complexity index is 1280. The van der Waals surface area contributed by atoms with E-state index in [1.807, 2.05) is 54.6 Å². The van der Waals surface area contributed by atoms with Crippen molar-refractivity contribution in [3.63, 3.8) is 0 Å². The third-order valence-corrected chi connectivity index (χ3v) is 7.43. The maximum atomic E-state index is 13.4. The van der Waals surface area contributed by atoms with E-state index in [0.29, 0.717) is 19.6 Å². The number of carbonyl (C=O) groups excluding carboxylic acids is 2. The van der Waals surface area contributed by atoms with Crippen molar-refractivity contribution < 1.29 is 29.0 Å². The van der Waals surface area contributed by atoms with Crippen LogP contribution in [0.25, 0.3) is 11.1 Å². The molecular formula is C31H32N2O6. The van der Waals surface area contributed by atoms with Crippen LogP contribution in [0.5, 0.6) is 0 Å². The van der Waals surface area contributed by atoms with Crippen molar-refractivity contribution in [3.8, 4) is 11.1 Å². The zero-order chi connectivity index (χ0) is 27.2. The van der Waals surface area contributed by atoms with Crippen LogP contribution < -0.4 is 5.32 Å². The Labute approximate surface area is 227 Å². The van der Waals surface area contributed by atoms with Crippen LogP contribution in [0.3, 0.4) is 0 Å². The normalized spacial score (nSPS) is 17.7. The molecule has 1 fully saturated rings. The minimum Gasteiger partial charge on any atom is -0.481 e. The Hall–Kier alpha value is -4.17. The van der Waals surface area contributed by atoms with Gasteiger partial charge in [-0.3, -0.25) is 9.59 Å². The van der Waals surface area contributed by atoms with Crippen LogP contribution in [0.4, 0.5) is 4.79 Å². The van der Waals surface area contributed by atoms with Gasteiger partial charge in [-0.15, -0.1) is 0 Å². The summed E-state index contributed by atoms with van der Waals surface area (Å²) in [7, 11) is 0. The monoisotopic (exact) mass is 528 g/mol.